The second kappa shape index (κ2) is 6.52. The average molecular weight is 377 g/mol. The molecular weight excluding hydrogens is 360 g/mol. The summed E-state index contributed by atoms with van der Waals surface area (Å²) in [5.74, 6) is 0. The van der Waals surface area contributed by atoms with Gasteiger partial charge < -0.3 is 0 Å². The number of hydrogen-bond donors (Lipinski definition) is 0. The molecule has 4 rings (SSSR count). The number of rotatable bonds is 4. The molecule has 0 fully saturated rings. The standard InChI is InChI=1S/C22H17NO3S/c1-16-11-13-18(14-12-16)27(25,26)23-20-10-6-5-9-19(20)22(21(23)15-24)17-7-3-2-4-8-17/h2-15H,1H3/i24+2. The first kappa shape index (κ1) is 17.2. The molecule has 0 unspecified atom stereocenters. The number of carbonyl (C=O) groups is 1. The van der Waals surface area contributed by atoms with Crippen molar-refractivity contribution in [3.8, 4) is 11.1 Å². The second-order valence-corrected chi connectivity index (χ2v) is 8.13. The van der Waals surface area contributed by atoms with Gasteiger partial charge in [0.15, 0.2) is 6.29 Å². The summed E-state index contributed by atoms with van der Waals surface area (Å²) in [7, 11) is -3.93. The first-order chi connectivity index (χ1) is 13.0. The van der Waals surface area contributed by atoms with Crippen molar-refractivity contribution in [1.82, 2.24) is 3.97 Å². The van der Waals surface area contributed by atoms with Crippen molar-refractivity contribution in [3.05, 3.63) is 90.1 Å². The van der Waals surface area contributed by atoms with Crippen LogP contribution in [0.5, 0.6) is 0 Å². The minimum atomic E-state index is -3.93. The lowest BCUT2D eigenvalue weighted by Crippen LogP contribution is -2.15. The van der Waals surface area contributed by atoms with Crippen LogP contribution in [0.3, 0.4) is 0 Å². The SMILES string of the molecule is Cc1ccc(S(=O)(=O)n2c(C=[18O])c(-c3ccccc3)c3ccccc32)cc1. The Morgan fingerprint density at radius 2 is 1.48 bits per heavy atom. The van der Waals surface area contributed by atoms with Crippen molar-refractivity contribution in [1.29, 1.82) is 0 Å². The van der Waals surface area contributed by atoms with Crippen LogP contribution in [0, 0.1) is 6.92 Å². The van der Waals surface area contributed by atoms with Gasteiger partial charge in [0.2, 0.25) is 0 Å². The molecule has 1 heterocycles. The molecule has 0 spiro atoms. The minimum absolute atomic E-state index is 0.128. The van der Waals surface area contributed by atoms with E-state index in [9.17, 15) is 13.2 Å². The van der Waals surface area contributed by atoms with Crippen molar-refractivity contribution in [2.45, 2.75) is 11.8 Å². The van der Waals surface area contributed by atoms with Gasteiger partial charge in [0.05, 0.1) is 10.4 Å². The van der Waals surface area contributed by atoms with Gasteiger partial charge in [0.1, 0.15) is 5.69 Å². The maximum atomic E-state index is 13.4. The molecule has 0 aliphatic carbocycles. The number of aryl methyl sites for hydroxylation is 1. The predicted molar refractivity (Wildman–Crippen MR) is 107 cm³/mol. The number of benzene rings is 3. The summed E-state index contributed by atoms with van der Waals surface area (Å²) < 4.78 is 27.9. The Morgan fingerprint density at radius 1 is 0.852 bits per heavy atom. The van der Waals surface area contributed by atoms with E-state index in [4.69, 9.17) is 0 Å². The molecule has 0 amide bonds. The molecule has 4 aromatic rings. The Kier molecular flexibility index (Phi) is 4.16. The Bertz CT molecular complexity index is 1240. The lowest BCUT2D eigenvalue weighted by atomic mass is 10.0. The maximum Gasteiger partial charge on any atom is 0.268 e. The highest BCUT2D eigenvalue weighted by molar-refractivity contribution is 7.90. The van der Waals surface area contributed by atoms with Crippen LogP contribution in [0.1, 0.15) is 16.1 Å². The fourth-order valence-corrected chi connectivity index (χ4v) is 4.82. The molecule has 0 radical (unpaired) electrons. The predicted octanol–water partition coefficient (Wildman–Crippen LogP) is 4.67. The lowest BCUT2D eigenvalue weighted by Gasteiger charge is -2.10. The van der Waals surface area contributed by atoms with Crippen molar-refractivity contribution >= 4 is 27.2 Å². The summed E-state index contributed by atoms with van der Waals surface area (Å²) in [6, 6.07) is 23.2. The number of hydrogen-bond acceptors (Lipinski definition) is 3. The second-order valence-electron chi connectivity index (χ2n) is 6.34. The van der Waals surface area contributed by atoms with E-state index < -0.39 is 10.0 Å². The number of aldehydes is 1. The van der Waals surface area contributed by atoms with Crippen molar-refractivity contribution < 1.29 is 13.2 Å². The summed E-state index contributed by atoms with van der Waals surface area (Å²) in [6.45, 7) is 1.89. The van der Waals surface area contributed by atoms with Crippen LogP contribution < -0.4 is 0 Å². The van der Waals surface area contributed by atoms with Crippen molar-refractivity contribution in [2.24, 2.45) is 0 Å². The molecule has 0 bridgehead atoms. The summed E-state index contributed by atoms with van der Waals surface area (Å²) >= 11 is 0. The molecule has 4 nitrogen and oxygen atoms in total. The zero-order valence-electron chi connectivity index (χ0n) is 14.7. The number of nitrogens with zero attached hydrogens (tertiary/aromatic N) is 1. The maximum absolute atomic E-state index is 13.4. The normalized spacial score (nSPS) is 11.6. The highest BCUT2D eigenvalue weighted by atomic mass is 32.2. The first-order valence-electron chi connectivity index (χ1n) is 8.50. The molecule has 1 aromatic heterocycles. The third-order valence-electron chi connectivity index (χ3n) is 4.60. The fourth-order valence-electron chi connectivity index (χ4n) is 3.32. The van der Waals surface area contributed by atoms with E-state index in [1.165, 1.54) is 0 Å². The van der Waals surface area contributed by atoms with E-state index in [0.29, 0.717) is 17.4 Å². The molecule has 134 valence electrons. The van der Waals surface area contributed by atoms with Gasteiger partial charge >= 0.3 is 0 Å². The van der Waals surface area contributed by atoms with E-state index in [-0.39, 0.29) is 10.6 Å². The molecular formula is C22H17NO3S. The Morgan fingerprint density at radius 3 is 2.15 bits per heavy atom. The van der Waals surface area contributed by atoms with Gasteiger partial charge in [-0.05, 0) is 30.7 Å². The summed E-state index contributed by atoms with van der Waals surface area (Å²) in [5.41, 5.74) is 3.00. The highest BCUT2D eigenvalue weighted by Crippen LogP contribution is 2.36. The molecule has 0 aliphatic heterocycles. The smallest absolute Gasteiger partial charge is 0.268 e. The van der Waals surface area contributed by atoms with Gasteiger partial charge in [-0.15, -0.1) is 0 Å². The Balaban J connectivity index is 2.10. The topological polar surface area (TPSA) is 56.1 Å². The highest BCUT2D eigenvalue weighted by Gasteiger charge is 2.27. The van der Waals surface area contributed by atoms with E-state index in [1.807, 2.05) is 49.4 Å². The molecule has 5 heteroatoms. The molecule has 3 aromatic carbocycles. The van der Waals surface area contributed by atoms with Crippen LogP contribution in [0.4, 0.5) is 0 Å². The van der Waals surface area contributed by atoms with Gasteiger partial charge in [-0.2, -0.15) is 0 Å². The molecule has 0 saturated carbocycles. The van der Waals surface area contributed by atoms with E-state index in [2.05, 4.69) is 0 Å². The molecule has 0 aliphatic rings. The van der Waals surface area contributed by atoms with Gasteiger partial charge in [0, 0.05) is 10.9 Å². The van der Waals surface area contributed by atoms with E-state index in [0.717, 1.165) is 20.5 Å². The quantitative estimate of drug-likeness (QED) is 0.384. The fraction of sp³-hybridized carbons (Fsp3) is 0.0455. The molecule has 0 saturated heterocycles. The monoisotopic (exact) mass is 377 g/mol. The van der Waals surface area contributed by atoms with Crippen LogP contribution in [-0.2, 0) is 10.0 Å². The van der Waals surface area contributed by atoms with E-state index in [1.54, 1.807) is 36.4 Å². The molecule has 0 N–H and O–H groups in total. The summed E-state index contributed by atoms with van der Waals surface area (Å²) in [4.78, 5) is 12.2. The van der Waals surface area contributed by atoms with Crippen LogP contribution >= 0.6 is 0 Å². The van der Waals surface area contributed by atoms with E-state index >= 15 is 0 Å². The number of carbonyl (C=O) groups excluding carboxylic acids is 1. The average Bonchev–Trinajstić information content (AvgIpc) is 3.04. The number of fused-ring (bicyclic) bond motifs is 1. The first-order valence-corrected chi connectivity index (χ1v) is 9.94. The van der Waals surface area contributed by atoms with Crippen LogP contribution in [0.25, 0.3) is 22.0 Å². The van der Waals surface area contributed by atoms with Crippen molar-refractivity contribution in [3.63, 3.8) is 0 Å². The van der Waals surface area contributed by atoms with Crippen LogP contribution in [0.15, 0.2) is 83.8 Å². The Labute approximate surface area is 157 Å². The largest absolute Gasteiger partial charge is 0.296 e. The lowest BCUT2D eigenvalue weighted by molar-refractivity contribution is 0.111. The van der Waals surface area contributed by atoms with Crippen molar-refractivity contribution in [2.75, 3.05) is 0 Å². The minimum Gasteiger partial charge on any atom is -0.296 e. The molecule has 0 atom stereocenters. The third kappa shape index (κ3) is 2.76. The zero-order valence-corrected chi connectivity index (χ0v) is 15.5. The summed E-state index contributed by atoms with van der Waals surface area (Å²) in [5, 5.41) is 0.724. The van der Waals surface area contributed by atoms with Gasteiger partial charge in [-0.3, -0.25) is 4.79 Å². The Hall–Kier alpha value is -3.18. The van der Waals surface area contributed by atoms with Gasteiger partial charge in [-0.25, -0.2) is 12.4 Å². The molecule has 27 heavy (non-hydrogen) atoms. The zero-order chi connectivity index (χ0) is 19.0. The van der Waals surface area contributed by atoms with Gasteiger partial charge in [-0.1, -0.05) is 66.2 Å². The number of aromatic nitrogens is 1. The number of para-hydroxylation sites is 1. The van der Waals surface area contributed by atoms with Gasteiger partial charge in [0.25, 0.3) is 10.0 Å². The summed E-state index contributed by atoms with van der Waals surface area (Å²) in [6.07, 6.45) is 0.619. The third-order valence-corrected chi connectivity index (χ3v) is 6.34. The van der Waals surface area contributed by atoms with Crippen LogP contribution in [0.2, 0.25) is 0 Å². The van der Waals surface area contributed by atoms with Crippen LogP contribution in [-0.4, -0.2) is 18.7 Å².